The van der Waals surface area contributed by atoms with Crippen molar-refractivity contribution in [3.8, 4) is 0 Å². The summed E-state index contributed by atoms with van der Waals surface area (Å²) in [5.41, 5.74) is 0.245. The van der Waals surface area contributed by atoms with Gasteiger partial charge in [0.15, 0.2) is 0 Å². The molecule has 0 aromatic heterocycles. The molecule has 2 N–H and O–H groups in total. The number of aliphatic carboxylic acids is 1. The first-order valence-electron chi connectivity index (χ1n) is 7.62. The van der Waals surface area contributed by atoms with Gasteiger partial charge in [-0.1, -0.05) is 42.5 Å². The Morgan fingerprint density at radius 3 is 2.15 bits per heavy atom. The molecule has 138 valence electrons. The normalized spacial score (nSPS) is 12.3. The molecular formula is C18H16F3NO4. The van der Waals surface area contributed by atoms with Crippen molar-refractivity contribution in [3.05, 3.63) is 71.3 Å². The van der Waals surface area contributed by atoms with Gasteiger partial charge in [-0.2, -0.15) is 13.2 Å². The van der Waals surface area contributed by atoms with Crippen molar-refractivity contribution in [3.63, 3.8) is 0 Å². The smallest absolute Gasteiger partial charge is 0.416 e. The molecule has 0 aliphatic heterocycles. The number of carbonyl (C=O) groups excluding carboxylic acids is 1. The second-order valence-electron chi connectivity index (χ2n) is 5.50. The minimum Gasteiger partial charge on any atom is -0.480 e. The third-order valence-electron chi connectivity index (χ3n) is 3.52. The first kappa shape index (κ1) is 19.3. The van der Waals surface area contributed by atoms with Crippen LogP contribution in [0.1, 0.15) is 16.7 Å². The van der Waals surface area contributed by atoms with E-state index in [2.05, 4.69) is 5.32 Å². The Hall–Kier alpha value is -3.03. The maximum atomic E-state index is 12.5. The molecule has 5 nitrogen and oxygen atoms in total. The van der Waals surface area contributed by atoms with Crippen LogP contribution >= 0.6 is 0 Å². The molecule has 0 fully saturated rings. The van der Waals surface area contributed by atoms with Crippen molar-refractivity contribution < 1.29 is 32.6 Å². The van der Waals surface area contributed by atoms with Crippen molar-refractivity contribution in [1.82, 2.24) is 5.32 Å². The van der Waals surface area contributed by atoms with Gasteiger partial charge in [-0.3, -0.25) is 0 Å². The average molecular weight is 367 g/mol. The van der Waals surface area contributed by atoms with Crippen molar-refractivity contribution in [2.45, 2.75) is 25.2 Å². The molecule has 26 heavy (non-hydrogen) atoms. The van der Waals surface area contributed by atoms with E-state index in [0.29, 0.717) is 5.56 Å². The summed E-state index contributed by atoms with van der Waals surface area (Å²) in [6, 6.07) is 11.6. The molecule has 8 heteroatoms. The summed E-state index contributed by atoms with van der Waals surface area (Å²) in [6.45, 7) is -0.0285. The van der Waals surface area contributed by atoms with Gasteiger partial charge in [0.1, 0.15) is 12.6 Å². The van der Waals surface area contributed by atoms with E-state index in [1.54, 1.807) is 30.3 Å². The van der Waals surface area contributed by atoms with E-state index in [4.69, 9.17) is 4.74 Å². The molecule has 0 aliphatic carbocycles. The number of benzene rings is 2. The number of amides is 1. The molecule has 1 amide bonds. The standard InChI is InChI=1S/C18H16F3NO4/c19-18(20,21)14-8-6-12(7-9-14)10-15(16(23)24)22-17(25)26-11-13-4-2-1-3-5-13/h1-9,15H,10-11H2,(H,22,25)(H,23,24). The summed E-state index contributed by atoms with van der Waals surface area (Å²) in [4.78, 5) is 23.1. The number of ether oxygens (including phenoxy) is 1. The SMILES string of the molecule is O=C(NC(Cc1ccc(C(F)(F)F)cc1)C(=O)O)OCc1ccccc1. The van der Waals surface area contributed by atoms with Crippen LogP contribution in [0.4, 0.5) is 18.0 Å². The third-order valence-corrected chi connectivity index (χ3v) is 3.52. The highest BCUT2D eigenvalue weighted by atomic mass is 19.4. The lowest BCUT2D eigenvalue weighted by Crippen LogP contribution is -2.42. The summed E-state index contributed by atoms with van der Waals surface area (Å²) < 4.78 is 42.6. The van der Waals surface area contributed by atoms with Crippen molar-refractivity contribution in [2.75, 3.05) is 0 Å². The second-order valence-corrected chi connectivity index (χ2v) is 5.50. The van der Waals surface area contributed by atoms with E-state index in [9.17, 15) is 27.9 Å². The number of hydrogen-bond donors (Lipinski definition) is 2. The number of alkyl halides is 3. The topological polar surface area (TPSA) is 75.6 Å². The molecule has 2 aromatic carbocycles. The predicted molar refractivity (Wildman–Crippen MR) is 86.3 cm³/mol. The Labute approximate surface area is 147 Å². The van der Waals surface area contributed by atoms with Crippen LogP contribution in [0.25, 0.3) is 0 Å². The van der Waals surface area contributed by atoms with Crippen molar-refractivity contribution in [1.29, 1.82) is 0 Å². The van der Waals surface area contributed by atoms with Crippen LogP contribution in [0.5, 0.6) is 0 Å². The first-order chi connectivity index (χ1) is 12.3. The predicted octanol–water partition coefficient (Wildman–Crippen LogP) is 3.63. The summed E-state index contributed by atoms with van der Waals surface area (Å²) in [6.07, 6.45) is -5.56. The lowest BCUT2D eigenvalue weighted by atomic mass is 10.0. The van der Waals surface area contributed by atoms with Crippen molar-refractivity contribution in [2.24, 2.45) is 0 Å². The molecular weight excluding hydrogens is 351 g/mol. The largest absolute Gasteiger partial charge is 0.480 e. The zero-order valence-electron chi connectivity index (χ0n) is 13.5. The van der Waals surface area contributed by atoms with E-state index in [-0.39, 0.29) is 13.0 Å². The molecule has 0 bridgehead atoms. The van der Waals surface area contributed by atoms with Crippen LogP contribution in [0, 0.1) is 0 Å². The Morgan fingerprint density at radius 2 is 1.62 bits per heavy atom. The fraction of sp³-hybridized carbons (Fsp3) is 0.222. The number of nitrogens with one attached hydrogen (secondary N) is 1. The van der Waals surface area contributed by atoms with Crippen LogP contribution in [0.15, 0.2) is 54.6 Å². The quantitative estimate of drug-likeness (QED) is 0.818. The lowest BCUT2D eigenvalue weighted by molar-refractivity contribution is -0.139. The Bertz CT molecular complexity index is 745. The van der Waals surface area contributed by atoms with Crippen LogP contribution < -0.4 is 5.32 Å². The number of carboxylic acids is 1. The monoisotopic (exact) mass is 367 g/mol. The Morgan fingerprint density at radius 1 is 1.00 bits per heavy atom. The van der Waals surface area contributed by atoms with Crippen LogP contribution in [0.3, 0.4) is 0 Å². The molecule has 0 saturated carbocycles. The number of carbonyl (C=O) groups is 2. The zero-order chi connectivity index (χ0) is 19.2. The van der Waals surface area contributed by atoms with Crippen LogP contribution in [-0.4, -0.2) is 23.2 Å². The van der Waals surface area contributed by atoms with Gasteiger partial charge in [-0.15, -0.1) is 0 Å². The lowest BCUT2D eigenvalue weighted by Gasteiger charge is -2.15. The molecule has 2 rings (SSSR count). The second kappa shape index (κ2) is 8.37. The number of carboxylic acid groups (broad SMARTS) is 1. The van der Waals surface area contributed by atoms with E-state index in [1.165, 1.54) is 12.1 Å². The molecule has 1 unspecified atom stereocenters. The van der Waals surface area contributed by atoms with E-state index in [1.807, 2.05) is 0 Å². The highest BCUT2D eigenvalue weighted by Crippen LogP contribution is 2.29. The van der Waals surface area contributed by atoms with E-state index >= 15 is 0 Å². The molecule has 0 spiro atoms. The Kier molecular flexibility index (Phi) is 6.21. The van der Waals surface area contributed by atoms with E-state index < -0.39 is 29.8 Å². The summed E-state index contributed by atoms with van der Waals surface area (Å²) in [5, 5.41) is 11.4. The highest BCUT2D eigenvalue weighted by Gasteiger charge is 2.30. The molecule has 0 radical (unpaired) electrons. The number of halogens is 3. The summed E-state index contributed by atoms with van der Waals surface area (Å²) in [5.74, 6) is -1.32. The van der Waals surface area contributed by atoms with Gasteiger partial charge in [0, 0.05) is 6.42 Å². The van der Waals surface area contributed by atoms with Crippen LogP contribution in [-0.2, 0) is 28.7 Å². The van der Waals surface area contributed by atoms with Gasteiger partial charge >= 0.3 is 18.2 Å². The fourth-order valence-electron chi connectivity index (χ4n) is 2.17. The maximum absolute atomic E-state index is 12.5. The molecule has 0 heterocycles. The van der Waals surface area contributed by atoms with Gasteiger partial charge < -0.3 is 15.2 Å². The van der Waals surface area contributed by atoms with E-state index in [0.717, 1.165) is 17.7 Å². The number of rotatable bonds is 6. The first-order valence-corrected chi connectivity index (χ1v) is 7.62. The van der Waals surface area contributed by atoms with Gasteiger partial charge in [-0.05, 0) is 23.3 Å². The third kappa shape index (κ3) is 5.80. The maximum Gasteiger partial charge on any atom is 0.416 e. The number of hydrogen-bond acceptors (Lipinski definition) is 3. The van der Waals surface area contributed by atoms with Gasteiger partial charge in [-0.25, -0.2) is 9.59 Å². The zero-order valence-corrected chi connectivity index (χ0v) is 13.5. The molecule has 1 atom stereocenters. The minimum absolute atomic E-state index is 0.0285. The highest BCUT2D eigenvalue weighted by molar-refractivity contribution is 5.80. The number of alkyl carbamates (subject to hydrolysis) is 1. The molecule has 2 aromatic rings. The minimum atomic E-state index is -4.47. The van der Waals surface area contributed by atoms with Gasteiger partial charge in [0.2, 0.25) is 0 Å². The van der Waals surface area contributed by atoms with Gasteiger partial charge in [0.25, 0.3) is 0 Å². The fourth-order valence-corrected chi connectivity index (χ4v) is 2.17. The molecule has 0 aliphatic rings. The molecule has 0 saturated heterocycles. The summed E-state index contributed by atoms with van der Waals surface area (Å²) >= 11 is 0. The van der Waals surface area contributed by atoms with Gasteiger partial charge in [0.05, 0.1) is 5.56 Å². The summed E-state index contributed by atoms with van der Waals surface area (Å²) in [7, 11) is 0. The van der Waals surface area contributed by atoms with Crippen molar-refractivity contribution >= 4 is 12.1 Å². The van der Waals surface area contributed by atoms with Crippen LogP contribution in [0.2, 0.25) is 0 Å². The Balaban J connectivity index is 1.93. The average Bonchev–Trinajstić information content (AvgIpc) is 2.60.